The average Bonchev–Trinajstić information content (AvgIpc) is 2.42. The third kappa shape index (κ3) is 3.50. The maximum Gasteiger partial charge on any atom is 0.133 e. The Labute approximate surface area is 120 Å². The number of hydrogen-bond donors (Lipinski definition) is 1. The van der Waals surface area contributed by atoms with E-state index in [0.717, 1.165) is 22.1 Å². The minimum atomic E-state index is -0.555. The van der Waals surface area contributed by atoms with E-state index in [9.17, 15) is 5.11 Å². The lowest BCUT2D eigenvalue weighted by Gasteiger charge is -2.16. The van der Waals surface area contributed by atoms with Crippen LogP contribution in [0.2, 0.25) is 0 Å². The van der Waals surface area contributed by atoms with Crippen LogP contribution in [0.5, 0.6) is 5.75 Å². The summed E-state index contributed by atoms with van der Waals surface area (Å²) >= 11 is 0. The van der Waals surface area contributed by atoms with E-state index in [1.165, 1.54) is 0 Å². The highest BCUT2D eigenvalue weighted by atomic mass is 16.5. The SMILES string of the molecule is CC(C)OCCOc1c([C@H](C)O)ccc2ccccc12. The Hall–Kier alpha value is -1.58. The molecule has 1 atom stereocenters. The smallest absolute Gasteiger partial charge is 0.133 e. The molecule has 108 valence electrons. The molecular formula is C17H22O3. The molecule has 3 nitrogen and oxygen atoms in total. The second kappa shape index (κ2) is 6.73. The van der Waals surface area contributed by atoms with Gasteiger partial charge in [-0.3, -0.25) is 0 Å². The van der Waals surface area contributed by atoms with Gasteiger partial charge < -0.3 is 14.6 Å². The van der Waals surface area contributed by atoms with Crippen molar-refractivity contribution in [3.63, 3.8) is 0 Å². The first-order valence-corrected chi connectivity index (χ1v) is 7.03. The Morgan fingerprint density at radius 2 is 1.75 bits per heavy atom. The molecule has 2 aromatic carbocycles. The summed E-state index contributed by atoms with van der Waals surface area (Å²) in [4.78, 5) is 0. The molecule has 0 heterocycles. The van der Waals surface area contributed by atoms with Gasteiger partial charge in [-0.05, 0) is 26.2 Å². The van der Waals surface area contributed by atoms with E-state index in [0.29, 0.717) is 13.2 Å². The Morgan fingerprint density at radius 1 is 1.00 bits per heavy atom. The summed E-state index contributed by atoms with van der Waals surface area (Å²) in [5.41, 5.74) is 0.813. The largest absolute Gasteiger partial charge is 0.490 e. The summed E-state index contributed by atoms with van der Waals surface area (Å²) < 4.78 is 11.4. The van der Waals surface area contributed by atoms with Crippen LogP contribution in [0, 0.1) is 0 Å². The van der Waals surface area contributed by atoms with Gasteiger partial charge in [0, 0.05) is 10.9 Å². The second-order valence-corrected chi connectivity index (χ2v) is 5.15. The van der Waals surface area contributed by atoms with Crippen molar-refractivity contribution in [1.82, 2.24) is 0 Å². The fourth-order valence-electron chi connectivity index (χ4n) is 2.18. The topological polar surface area (TPSA) is 38.7 Å². The third-order valence-corrected chi connectivity index (χ3v) is 3.14. The zero-order valence-electron chi connectivity index (χ0n) is 12.3. The number of aliphatic hydroxyl groups is 1. The normalized spacial score (nSPS) is 12.8. The molecule has 1 N–H and O–H groups in total. The fourth-order valence-corrected chi connectivity index (χ4v) is 2.18. The number of benzene rings is 2. The minimum Gasteiger partial charge on any atom is -0.490 e. The average molecular weight is 274 g/mol. The van der Waals surface area contributed by atoms with E-state index in [1.54, 1.807) is 6.92 Å². The van der Waals surface area contributed by atoms with Gasteiger partial charge >= 0.3 is 0 Å². The van der Waals surface area contributed by atoms with Crippen LogP contribution in [-0.2, 0) is 4.74 Å². The van der Waals surface area contributed by atoms with Crippen molar-refractivity contribution in [2.75, 3.05) is 13.2 Å². The molecule has 0 spiro atoms. The molecule has 0 saturated carbocycles. The molecule has 0 radical (unpaired) electrons. The van der Waals surface area contributed by atoms with Gasteiger partial charge in [0.1, 0.15) is 12.4 Å². The third-order valence-electron chi connectivity index (χ3n) is 3.14. The first-order chi connectivity index (χ1) is 9.59. The molecule has 0 aliphatic carbocycles. The van der Waals surface area contributed by atoms with Gasteiger partial charge in [-0.1, -0.05) is 36.4 Å². The predicted octanol–water partition coefficient (Wildman–Crippen LogP) is 3.70. The number of ether oxygens (including phenoxy) is 2. The maximum atomic E-state index is 9.90. The molecule has 0 fully saturated rings. The van der Waals surface area contributed by atoms with E-state index >= 15 is 0 Å². The van der Waals surface area contributed by atoms with Gasteiger partial charge in [0.15, 0.2) is 0 Å². The number of aliphatic hydroxyl groups excluding tert-OH is 1. The Balaban J connectivity index is 2.25. The lowest BCUT2D eigenvalue weighted by Crippen LogP contribution is -2.12. The van der Waals surface area contributed by atoms with Crippen molar-refractivity contribution < 1.29 is 14.6 Å². The summed E-state index contributed by atoms with van der Waals surface area (Å²) in [5.74, 6) is 0.755. The molecule has 0 aliphatic rings. The van der Waals surface area contributed by atoms with Gasteiger partial charge in [0.05, 0.1) is 18.8 Å². The van der Waals surface area contributed by atoms with Gasteiger partial charge in [0.25, 0.3) is 0 Å². The minimum absolute atomic E-state index is 0.197. The van der Waals surface area contributed by atoms with Gasteiger partial charge in [-0.25, -0.2) is 0 Å². The molecule has 20 heavy (non-hydrogen) atoms. The molecule has 0 unspecified atom stereocenters. The van der Waals surface area contributed by atoms with Gasteiger partial charge in [-0.15, -0.1) is 0 Å². The molecule has 3 heteroatoms. The lowest BCUT2D eigenvalue weighted by atomic mass is 10.0. The monoisotopic (exact) mass is 274 g/mol. The van der Waals surface area contributed by atoms with Crippen molar-refractivity contribution in [3.8, 4) is 5.75 Å². The number of hydrogen-bond acceptors (Lipinski definition) is 3. The first-order valence-electron chi connectivity index (χ1n) is 7.03. The van der Waals surface area contributed by atoms with Gasteiger partial charge in [0.2, 0.25) is 0 Å². The van der Waals surface area contributed by atoms with Crippen LogP contribution in [0.1, 0.15) is 32.4 Å². The lowest BCUT2D eigenvalue weighted by molar-refractivity contribution is 0.0547. The van der Waals surface area contributed by atoms with Crippen LogP contribution >= 0.6 is 0 Å². The van der Waals surface area contributed by atoms with E-state index in [1.807, 2.05) is 50.2 Å². The van der Waals surface area contributed by atoms with Gasteiger partial charge in [-0.2, -0.15) is 0 Å². The quantitative estimate of drug-likeness (QED) is 0.816. The predicted molar refractivity (Wildman–Crippen MR) is 81.2 cm³/mol. The Bertz CT molecular complexity index is 561. The molecule has 0 saturated heterocycles. The summed E-state index contributed by atoms with van der Waals surface area (Å²) in [6, 6.07) is 12.0. The van der Waals surface area contributed by atoms with E-state index in [-0.39, 0.29) is 6.10 Å². The summed E-state index contributed by atoms with van der Waals surface area (Å²) in [6.07, 6.45) is -0.358. The van der Waals surface area contributed by atoms with Crippen LogP contribution < -0.4 is 4.74 Å². The zero-order valence-corrected chi connectivity index (χ0v) is 12.3. The number of fused-ring (bicyclic) bond motifs is 1. The van der Waals surface area contributed by atoms with E-state index in [2.05, 4.69) is 0 Å². The first kappa shape index (κ1) is 14.8. The van der Waals surface area contributed by atoms with Crippen LogP contribution in [0.4, 0.5) is 0 Å². The summed E-state index contributed by atoms with van der Waals surface area (Å²) in [5, 5.41) is 12.0. The van der Waals surface area contributed by atoms with Crippen molar-refractivity contribution in [2.45, 2.75) is 33.0 Å². The molecule has 0 bridgehead atoms. The molecular weight excluding hydrogens is 252 g/mol. The highest BCUT2D eigenvalue weighted by Crippen LogP contribution is 2.33. The molecule has 0 aliphatic heterocycles. The van der Waals surface area contributed by atoms with Crippen LogP contribution in [-0.4, -0.2) is 24.4 Å². The number of rotatable bonds is 6. The highest BCUT2D eigenvalue weighted by molar-refractivity contribution is 5.89. The molecule has 0 amide bonds. The van der Waals surface area contributed by atoms with Crippen LogP contribution in [0.15, 0.2) is 36.4 Å². The molecule has 2 aromatic rings. The maximum absolute atomic E-state index is 9.90. The summed E-state index contributed by atoms with van der Waals surface area (Å²) in [6.45, 7) is 6.77. The zero-order chi connectivity index (χ0) is 14.5. The van der Waals surface area contributed by atoms with Crippen molar-refractivity contribution in [2.24, 2.45) is 0 Å². The van der Waals surface area contributed by atoms with E-state index < -0.39 is 6.10 Å². The van der Waals surface area contributed by atoms with Crippen molar-refractivity contribution >= 4 is 10.8 Å². The van der Waals surface area contributed by atoms with E-state index in [4.69, 9.17) is 9.47 Å². The van der Waals surface area contributed by atoms with Crippen LogP contribution in [0.3, 0.4) is 0 Å². The van der Waals surface area contributed by atoms with Crippen molar-refractivity contribution in [1.29, 1.82) is 0 Å². The highest BCUT2D eigenvalue weighted by Gasteiger charge is 2.12. The fraction of sp³-hybridized carbons (Fsp3) is 0.412. The molecule has 0 aromatic heterocycles. The Morgan fingerprint density at radius 3 is 2.45 bits per heavy atom. The summed E-state index contributed by atoms with van der Waals surface area (Å²) in [7, 11) is 0. The van der Waals surface area contributed by atoms with Crippen molar-refractivity contribution in [3.05, 3.63) is 42.0 Å². The molecule has 2 rings (SSSR count). The Kier molecular flexibility index (Phi) is 4.99. The second-order valence-electron chi connectivity index (χ2n) is 5.15. The standard InChI is InChI=1S/C17H22O3/c1-12(2)19-10-11-20-17-15(13(3)18)9-8-14-6-4-5-7-16(14)17/h4-9,12-13,18H,10-11H2,1-3H3/t13-/m0/s1. The van der Waals surface area contributed by atoms with Crippen LogP contribution in [0.25, 0.3) is 10.8 Å².